The fourth-order valence-electron chi connectivity index (χ4n) is 5.54. The van der Waals surface area contributed by atoms with Crippen molar-refractivity contribution < 1.29 is 36.4 Å². The smallest absolute Gasteiger partial charge is 0.407 e. The Morgan fingerprint density at radius 1 is 1.09 bits per heavy atom. The first-order chi connectivity index (χ1) is 21.3. The number of halogens is 4. The van der Waals surface area contributed by atoms with Gasteiger partial charge in [-0.25, -0.2) is 32.3 Å². The third-order valence-electron chi connectivity index (χ3n) is 7.78. The van der Waals surface area contributed by atoms with Crippen LogP contribution >= 0.6 is 0 Å². The first kappa shape index (κ1) is 31.9. The second-order valence-corrected chi connectivity index (χ2v) is 12.1. The summed E-state index contributed by atoms with van der Waals surface area (Å²) in [5.41, 5.74) is -0.407. The van der Waals surface area contributed by atoms with Crippen molar-refractivity contribution in [2.75, 3.05) is 43.0 Å². The highest BCUT2D eigenvalue weighted by Gasteiger charge is 2.39. The van der Waals surface area contributed by atoms with E-state index >= 15 is 0 Å². The van der Waals surface area contributed by atoms with Gasteiger partial charge in [-0.3, -0.25) is 4.79 Å². The number of amides is 2. The lowest BCUT2D eigenvalue weighted by molar-refractivity contribution is 0.0504. The molecule has 2 aromatic heterocycles. The van der Waals surface area contributed by atoms with Gasteiger partial charge in [0.2, 0.25) is 11.8 Å². The summed E-state index contributed by atoms with van der Waals surface area (Å²) < 4.78 is 64.8. The molecule has 2 atom stereocenters. The van der Waals surface area contributed by atoms with Crippen LogP contribution in [-0.4, -0.2) is 87.9 Å². The minimum Gasteiger partial charge on any atom is -0.444 e. The molecule has 45 heavy (non-hydrogen) atoms. The van der Waals surface area contributed by atoms with Crippen molar-refractivity contribution in [3.8, 4) is 0 Å². The molecule has 2 fully saturated rings. The highest BCUT2D eigenvalue weighted by Crippen LogP contribution is 2.32. The van der Waals surface area contributed by atoms with Gasteiger partial charge in [-0.05, 0) is 57.4 Å². The molecule has 242 valence electrons. The van der Waals surface area contributed by atoms with Crippen LogP contribution in [0, 0.1) is 11.6 Å². The summed E-state index contributed by atoms with van der Waals surface area (Å²) in [5, 5.41) is 6.06. The summed E-state index contributed by atoms with van der Waals surface area (Å²) in [4.78, 5) is 43.3. The van der Waals surface area contributed by atoms with Crippen molar-refractivity contribution in [1.29, 1.82) is 0 Å². The number of hydrogen-bond acceptors (Lipinski definition) is 10. The van der Waals surface area contributed by atoms with E-state index in [1.807, 2.05) is 0 Å². The Labute approximate surface area is 256 Å². The Balaban J connectivity index is 1.24. The summed E-state index contributed by atoms with van der Waals surface area (Å²) >= 11 is 0. The molecule has 0 saturated carbocycles. The summed E-state index contributed by atoms with van der Waals surface area (Å²) in [6.07, 6.45) is 0.370. The summed E-state index contributed by atoms with van der Waals surface area (Å²) in [7, 11) is 1.67. The predicted octanol–water partition coefficient (Wildman–Crippen LogP) is 4.31. The van der Waals surface area contributed by atoms with Crippen LogP contribution in [0.3, 0.4) is 0 Å². The first-order valence-electron chi connectivity index (χ1n) is 14.4. The van der Waals surface area contributed by atoms with E-state index in [9.17, 15) is 27.2 Å². The van der Waals surface area contributed by atoms with E-state index in [1.165, 1.54) is 12.4 Å². The molecule has 1 aromatic carbocycles. The van der Waals surface area contributed by atoms with E-state index < -0.39 is 47.5 Å². The average Bonchev–Trinajstić information content (AvgIpc) is 3.65. The molecule has 2 amide bonds. The van der Waals surface area contributed by atoms with E-state index in [4.69, 9.17) is 9.26 Å². The maximum atomic E-state index is 14.8. The molecule has 2 aliphatic heterocycles. The fourth-order valence-corrected chi connectivity index (χ4v) is 5.54. The molecule has 3 aromatic rings. The van der Waals surface area contributed by atoms with Gasteiger partial charge in [0.15, 0.2) is 0 Å². The van der Waals surface area contributed by atoms with Crippen LogP contribution in [0.2, 0.25) is 0 Å². The van der Waals surface area contributed by atoms with E-state index in [0.29, 0.717) is 25.9 Å². The quantitative estimate of drug-likeness (QED) is 0.375. The van der Waals surface area contributed by atoms with Gasteiger partial charge in [-0.15, -0.1) is 0 Å². The van der Waals surface area contributed by atoms with Crippen LogP contribution in [0.1, 0.15) is 67.7 Å². The van der Waals surface area contributed by atoms with Gasteiger partial charge in [0, 0.05) is 57.6 Å². The number of rotatable bonds is 7. The second kappa shape index (κ2) is 12.9. The van der Waals surface area contributed by atoms with Crippen molar-refractivity contribution >= 4 is 24.0 Å². The van der Waals surface area contributed by atoms with Crippen LogP contribution in [0.5, 0.6) is 0 Å². The molecule has 1 N–H and O–H groups in total. The zero-order valence-corrected chi connectivity index (χ0v) is 25.2. The Morgan fingerprint density at radius 3 is 2.40 bits per heavy atom. The van der Waals surface area contributed by atoms with Crippen molar-refractivity contribution in [1.82, 2.24) is 30.3 Å². The maximum absolute atomic E-state index is 14.8. The van der Waals surface area contributed by atoms with Crippen LogP contribution in [0.4, 0.5) is 34.3 Å². The largest absolute Gasteiger partial charge is 0.444 e. The standard InChI is InChI=1S/C29H34F4N8O4/c1-29(2,3)44-28(43)36-22-15-41(14-20(22)19-11-17(30)5-6-21(19)31)26-34-12-16(13-35-26)25(42)39(4)18-7-9-40(10-8-18)27-37-24(23(32)33)38-45-27/h5-6,11-13,18,20,22-23H,7-10,14-15H2,1-4H3,(H,36,43)/t20-,22+/m1/s1. The molecule has 0 unspecified atom stereocenters. The third kappa shape index (κ3) is 7.42. The van der Waals surface area contributed by atoms with Crippen molar-refractivity contribution in [3.05, 3.63) is 59.2 Å². The monoisotopic (exact) mass is 634 g/mol. The van der Waals surface area contributed by atoms with Crippen LogP contribution in [-0.2, 0) is 4.74 Å². The zero-order chi connectivity index (χ0) is 32.5. The number of benzene rings is 1. The molecule has 16 heteroatoms. The molecule has 2 aliphatic rings. The molecule has 12 nitrogen and oxygen atoms in total. The average molecular weight is 635 g/mol. The lowest BCUT2D eigenvalue weighted by Crippen LogP contribution is -2.45. The molecule has 4 heterocycles. The molecule has 0 radical (unpaired) electrons. The number of piperidine rings is 1. The number of alkyl halides is 2. The number of carbonyl (C=O) groups excluding carboxylic acids is 2. The minimum absolute atomic E-state index is 0.0227. The van der Waals surface area contributed by atoms with Crippen LogP contribution < -0.4 is 15.1 Å². The first-order valence-corrected chi connectivity index (χ1v) is 14.4. The van der Waals surface area contributed by atoms with Crippen molar-refractivity contribution in [2.45, 2.75) is 63.6 Å². The second-order valence-electron chi connectivity index (χ2n) is 12.1. The van der Waals surface area contributed by atoms with Gasteiger partial charge in [-0.1, -0.05) is 5.16 Å². The van der Waals surface area contributed by atoms with E-state index in [0.717, 1.165) is 18.2 Å². The highest BCUT2D eigenvalue weighted by atomic mass is 19.3. The van der Waals surface area contributed by atoms with Crippen LogP contribution in [0.25, 0.3) is 0 Å². The minimum atomic E-state index is -2.82. The van der Waals surface area contributed by atoms with Gasteiger partial charge < -0.3 is 29.3 Å². The zero-order valence-electron chi connectivity index (χ0n) is 25.2. The number of anilines is 2. The molecular formula is C29H34F4N8O4. The Hall–Kier alpha value is -4.50. The molecular weight excluding hydrogens is 600 g/mol. The molecule has 0 aliphatic carbocycles. The number of nitrogens with zero attached hydrogens (tertiary/aromatic N) is 7. The maximum Gasteiger partial charge on any atom is 0.407 e. The Morgan fingerprint density at radius 2 is 1.78 bits per heavy atom. The number of alkyl carbamates (subject to hydrolysis) is 1. The number of aromatic nitrogens is 4. The molecule has 2 saturated heterocycles. The topological polar surface area (TPSA) is 130 Å². The van der Waals surface area contributed by atoms with Crippen molar-refractivity contribution in [2.24, 2.45) is 0 Å². The van der Waals surface area contributed by atoms with Crippen LogP contribution in [0.15, 0.2) is 35.1 Å². The van der Waals surface area contributed by atoms with Gasteiger partial charge in [-0.2, -0.15) is 4.98 Å². The fraction of sp³-hybridized carbons (Fsp3) is 0.517. The summed E-state index contributed by atoms with van der Waals surface area (Å²) in [5.74, 6) is -2.56. The summed E-state index contributed by atoms with van der Waals surface area (Å²) in [6, 6.07) is 2.43. The Bertz CT molecular complexity index is 1510. The van der Waals surface area contributed by atoms with Gasteiger partial charge >= 0.3 is 18.5 Å². The number of carbonyl (C=O) groups is 2. The predicted molar refractivity (Wildman–Crippen MR) is 153 cm³/mol. The highest BCUT2D eigenvalue weighted by molar-refractivity contribution is 5.93. The van der Waals surface area contributed by atoms with Gasteiger partial charge in [0.25, 0.3) is 5.91 Å². The molecule has 0 spiro atoms. The van der Waals surface area contributed by atoms with Gasteiger partial charge in [0.1, 0.15) is 17.2 Å². The van der Waals surface area contributed by atoms with E-state index in [-0.39, 0.29) is 48.1 Å². The van der Waals surface area contributed by atoms with Gasteiger partial charge in [0.05, 0.1) is 11.6 Å². The third-order valence-corrected chi connectivity index (χ3v) is 7.78. The lowest BCUT2D eigenvalue weighted by atomic mass is 9.94. The van der Waals surface area contributed by atoms with E-state index in [1.54, 1.807) is 42.5 Å². The summed E-state index contributed by atoms with van der Waals surface area (Å²) in [6.45, 7) is 6.38. The Kier molecular flexibility index (Phi) is 9.11. The SMILES string of the molecule is CN(C(=O)c1cnc(N2C[C@H](NC(=O)OC(C)(C)C)[C@@H](c3cc(F)ccc3F)C2)nc1)C1CCN(c2nc(C(F)F)no2)CC1. The number of hydrogen-bond donors (Lipinski definition) is 1. The molecule has 0 bridgehead atoms. The number of nitrogens with one attached hydrogen (secondary N) is 1. The lowest BCUT2D eigenvalue weighted by Gasteiger charge is -2.35. The normalized spacial score (nSPS) is 19.2. The number of ether oxygens (including phenoxy) is 1. The van der Waals surface area contributed by atoms with Crippen molar-refractivity contribution in [3.63, 3.8) is 0 Å². The molecule has 5 rings (SSSR count). The van der Waals surface area contributed by atoms with E-state index in [2.05, 4.69) is 25.4 Å².